The number of anilines is 2. The number of benzene rings is 2. The molecule has 0 fully saturated rings. The molecule has 0 heterocycles. The van der Waals surface area contributed by atoms with Crippen molar-refractivity contribution in [2.24, 2.45) is 0 Å². The molecule has 4 nitrogen and oxygen atoms in total. The van der Waals surface area contributed by atoms with Gasteiger partial charge < -0.3 is 15.4 Å². The SMILES string of the molecule is COc1ccc(NC(=O)Nc2ccc(Cl)cc2C(F)(F)F)c(C)c1. The highest BCUT2D eigenvalue weighted by molar-refractivity contribution is 6.30. The molecule has 0 radical (unpaired) electrons. The highest BCUT2D eigenvalue weighted by atomic mass is 35.5. The van der Waals surface area contributed by atoms with Crippen LogP contribution in [-0.4, -0.2) is 13.1 Å². The number of amides is 2. The van der Waals surface area contributed by atoms with Crippen LogP contribution in [0.5, 0.6) is 5.75 Å². The summed E-state index contributed by atoms with van der Waals surface area (Å²) < 4.78 is 44.1. The number of nitrogens with one attached hydrogen (secondary N) is 2. The summed E-state index contributed by atoms with van der Waals surface area (Å²) in [6.45, 7) is 1.74. The third-order valence-electron chi connectivity index (χ3n) is 3.22. The number of methoxy groups -OCH3 is 1. The quantitative estimate of drug-likeness (QED) is 0.780. The standard InChI is InChI=1S/C16H14ClF3N2O2/c1-9-7-11(24-2)4-6-13(9)21-15(23)22-14-5-3-10(17)8-12(14)16(18,19)20/h3-8H,1-2H3,(H2,21,22,23). The average molecular weight is 359 g/mol. The summed E-state index contributed by atoms with van der Waals surface area (Å²) in [5.74, 6) is 0.607. The van der Waals surface area contributed by atoms with E-state index in [0.29, 0.717) is 17.0 Å². The van der Waals surface area contributed by atoms with E-state index in [1.807, 2.05) is 0 Å². The van der Waals surface area contributed by atoms with Gasteiger partial charge in [0.05, 0.1) is 18.4 Å². The number of carbonyl (C=O) groups excluding carboxylic acids is 1. The molecule has 8 heteroatoms. The minimum absolute atomic E-state index is 0.0701. The number of aryl methyl sites for hydroxylation is 1. The Hall–Kier alpha value is -2.41. The molecule has 0 aliphatic rings. The van der Waals surface area contributed by atoms with Crippen molar-refractivity contribution in [3.8, 4) is 5.75 Å². The Morgan fingerprint density at radius 1 is 1.08 bits per heavy atom. The highest BCUT2D eigenvalue weighted by Crippen LogP contribution is 2.36. The second-order valence-corrected chi connectivity index (χ2v) is 5.38. The Balaban J connectivity index is 2.19. The van der Waals surface area contributed by atoms with Crippen LogP contribution in [0.15, 0.2) is 36.4 Å². The number of hydrogen-bond acceptors (Lipinski definition) is 2. The lowest BCUT2D eigenvalue weighted by Crippen LogP contribution is -2.22. The summed E-state index contributed by atoms with van der Waals surface area (Å²) in [5, 5.41) is 4.62. The van der Waals surface area contributed by atoms with E-state index in [9.17, 15) is 18.0 Å². The topological polar surface area (TPSA) is 50.4 Å². The summed E-state index contributed by atoms with van der Waals surface area (Å²) in [7, 11) is 1.51. The molecule has 2 N–H and O–H groups in total. The van der Waals surface area contributed by atoms with Gasteiger partial charge in [-0.3, -0.25) is 0 Å². The molecule has 2 aromatic rings. The van der Waals surface area contributed by atoms with E-state index < -0.39 is 17.8 Å². The van der Waals surface area contributed by atoms with Gasteiger partial charge in [-0.1, -0.05) is 11.6 Å². The maximum atomic E-state index is 13.0. The number of ether oxygens (including phenoxy) is 1. The number of halogens is 4. The fourth-order valence-electron chi connectivity index (χ4n) is 2.04. The van der Waals surface area contributed by atoms with E-state index >= 15 is 0 Å². The lowest BCUT2D eigenvalue weighted by molar-refractivity contribution is -0.136. The van der Waals surface area contributed by atoms with Crippen LogP contribution in [0.4, 0.5) is 29.3 Å². The summed E-state index contributed by atoms with van der Waals surface area (Å²) in [6.07, 6.45) is -4.64. The first-order valence-corrected chi connectivity index (χ1v) is 7.18. The summed E-state index contributed by atoms with van der Waals surface area (Å²) >= 11 is 5.60. The molecule has 2 rings (SSSR count). The number of rotatable bonds is 3. The van der Waals surface area contributed by atoms with E-state index in [1.165, 1.54) is 13.2 Å². The fourth-order valence-corrected chi connectivity index (χ4v) is 2.21. The first-order chi connectivity index (χ1) is 11.2. The first kappa shape index (κ1) is 17.9. The van der Waals surface area contributed by atoms with Gasteiger partial charge in [0.25, 0.3) is 0 Å². The number of hydrogen-bond donors (Lipinski definition) is 2. The van der Waals surface area contributed by atoms with Crippen molar-refractivity contribution in [1.29, 1.82) is 0 Å². The van der Waals surface area contributed by atoms with E-state index in [0.717, 1.165) is 12.1 Å². The lowest BCUT2D eigenvalue weighted by Gasteiger charge is -2.15. The maximum absolute atomic E-state index is 13.0. The molecule has 0 aromatic heterocycles. The van der Waals surface area contributed by atoms with Gasteiger partial charge in [0.2, 0.25) is 0 Å². The minimum Gasteiger partial charge on any atom is -0.497 e. The van der Waals surface area contributed by atoms with Crippen LogP contribution in [0, 0.1) is 6.92 Å². The van der Waals surface area contributed by atoms with Crippen molar-refractivity contribution >= 4 is 29.0 Å². The Labute approximate surface area is 141 Å². The van der Waals surface area contributed by atoms with Gasteiger partial charge in [0, 0.05) is 10.7 Å². The minimum atomic E-state index is -4.64. The van der Waals surface area contributed by atoms with Crippen LogP contribution in [0.25, 0.3) is 0 Å². The number of urea groups is 1. The van der Waals surface area contributed by atoms with Gasteiger partial charge in [-0.25, -0.2) is 4.79 Å². The third kappa shape index (κ3) is 4.32. The Morgan fingerprint density at radius 2 is 1.71 bits per heavy atom. The van der Waals surface area contributed by atoms with Crippen molar-refractivity contribution in [3.63, 3.8) is 0 Å². The zero-order valence-corrected chi connectivity index (χ0v) is 13.5. The summed E-state index contributed by atoms with van der Waals surface area (Å²) in [6, 6.07) is 7.26. The van der Waals surface area contributed by atoms with E-state index in [4.69, 9.17) is 16.3 Å². The van der Waals surface area contributed by atoms with Crippen LogP contribution >= 0.6 is 11.6 Å². The predicted octanol–water partition coefficient (Wildman–Crippen LogP) is 5.32. The molecule has 24 heavy (non-hydrogen) atoms. The number of carbonyl (C=O) groups is 1. The van der Waals surface area contributed by atoms with E-state index in [-0.39, 0.29) is 10.7 Å². The van der Waals surface area contributed by atoms with E-state index in [2.05, 4.69) is 10.6 Å². The predicted molar refractivity (Wildman–Crippen MR) is 86.8 cm³/mol. The second kappa shape index (κ2) is 7.00. The molecule has 0 bridgehead atoms. The van der Waals surface area contributed by atoms with Crippen LogP contribution in [0.3, 0.4) is 0 Å². The molecule has 0 saturated carbocycles. The van der Waals surface area contributed by atoms with Crippen molar-refractivity contribution in [1.82, 2.24) is 0 Å². The van der Waals surface area contributed by atoms with Gasteiger partial charge in [0.15, 0.2) is 0 Å². The Morgan fingerprint density at radius 3 is 2.29 bits per heavy atom. The second-order valence-electron chi connectivity index (χ2n) is 4.95. The zero-order chi connectivity index (χ0) is 17.9. The molecule has 0 unspecified atom stereocenters. The van der Waals surface area contributed by atoms with Crippen molar-refractivity contribution in [3.05, 3.63) is 52.5 Å². The first-order valence-electron chi connectivity index (χ1n) is 6.80. The summed E-state index contributed by atoms with van der Waals surface area (Å²) in [5.41, 5.74) is -0.236. The fraction of sp³-hybridized carbons (Fsp3) is 0.188. The van der Waals surface area contributed by atoms with Crippen molar-refractivity contribution < 1.29 is 22.7 Å². The van der Waals surface area contributed by atoms with Crippen LogP contribution < -0.4 is 15.4 Å². The molecule has 0 atom stereocenters. The molecule has 2 aromatic carbocycles. The average Bonchev–Trinajstić information content (AvgIpc) is 2.50. The summed E-state index contributed by atoms with van der Waals surface area (Å²) in [4.78, 5) is 12.0. The molecular weight excluding hydrogens is 345 g/mol. The third-order valence-corrected chi connectivity index (χ3v) is 3.45. The van der Waals surface area contributed by atoms with Gasteiger partial charge in [-0.05, 0) is 48.9 Å². The molecule has 0 aliphatic carbocycles. The number of alkyl halides is 3. The zero-order valence-electron chi connectivity index (χ0n) is 12.8. The van der Waals surface area contributed by atoms with Crippen LogP contribution in [0.1, 0.15) is 11.1 Å². The van der Waals surface area contributed by atoms with Gasteiger partial charge >= 0.3 is 12.2 Å². The normalized spacial score (nSPS) is 11.1. The highest BCUT2D eigenvalue weighted by Gasteiger charge is 2.34. The maximum Gasteiger partial charge on any atom is 0.418 e. The molecular formula is C16H14ClF3N2O2. The van der Waals surface area contributed by atoms with Gasteiger partial charge in [0.1, 0.15) is 5.75 Å². The van der Waals surface area contributed by atoms with Gasteiger partial charge in [-0.2, -0.15) is 13.2 Å². The smallest absolute Gasteiger partial charge is 0.418 e. The van der Waals surface area contributed by atoms with Crippen LogP contribution in [-0.2, 0) is 6.18 Å². The van der Waals surface area contributed by atoms with Crippen molar-refractivity contribution in [2.45, 2.75) is 13.1 Å². The van der Waals surface area contributed by atoms with E-state index in [1.54, 1.807) is 25.1 Å². The Kier molecular flexibility index (Phi) is 5.23. The monoisotopic (exact) mass is 358 g/mol. The van der Waals surface area contributed by atoms with Crippen LogP contribution in [0.2, 0.25) is 5.02 Å². The molecule has 0 aliphatic heterocycles. The van der Waals surface area contributed by atoms with Crippen molar-refractivity contribution in [2.75, 3.05) is 17.7 Å². The molecule has 0 saturated heterocycles. The van der Waals surface area contributed by atoms with Gasteiger partial charge in [-0.15, -0.1) is 0 Å². The lowest BCUT2D eigenvalue weighted by atomic mass is 10.1. The molecule has 0 spiro atoms. The molecule has 2 amide bonds. The Bertz CT molecular complexity index is 763. The molecule has 128 valence electrons. The largest absolute Gasteiger partial charge is 0.497 e.